The molecule has 43 heavy (non-hydrogen) atoms. The zero-order chi connectivity index (χ0) is 31.5. The van der Waals surface area contributed by atoms with Crippen LogP contribution in [0.1, 0.15) is 39.5 Å². The van der Waals surface area contributed by atoms with E-state index in [4.69, 9.17) is 18.5 Å². The topological polar surface area (TPSA) is 161 Å². The zero-order valence-corrected chi connectivity index (χ0v) is 25.4. The van der Waals surface area contributed by atoms with Crippen LogP contribution >= 0.6 is 8.09 Å². The van der Waals surface area contributed by atoms with E-state index in [2.05, 4.69) is 10.1 Å². The number of carbonyl (C=O) groups excluding carboxylic acids is 1. The summed E-state index contributed by atoms with van der Waals surface area (Å²) in [5.41, 5.74) is 0.791. The van der Waals surface area contributed by atoms with Gasteiger partial charge in [-0.2, -0.15) is 0 Å². The predicted molar refractivity (Wildman–Crippen MR) is 158 cm³/mol. The minimum atomic E-state index is -4.43. The molecule has 1 fully saturated rings. The van der Waals surface area contributed by atoms with Crippen molar-refractivity contribution in [1.29, 1.82) is 0 Å². The predicted octanol–water partition coefficient (Wildman–Crippen LogP) is 2.97. The Morgan fingerprint density at radius 3 is 2.44 bits per heavy atom. The van der Waals surface area contributed by atoms with Crippen molar-refractivity contribution in [2.75, 3.05) is 6.61 Å². The van der Waals surface area contributed by atoms with E-state index in [0.717, 1.165) is 21.8 Å². The van der Waals surface area contributed by atoms with Gasteiger partial charge < -0.3 is 0 Å². The number of carbonyl (C=O) groups is 1. The third-order valence-electron chi connectivity index (χ3n) is 6.96. The molecular formula is C29H37FN3O9P. The first-order chi connectivity index (χ1) is 20.3. The standard InChI is InChI=1S/C29H37FN3O9P/c1-16(2)40-28(36)19(5)32-43(38,42-22-9-6-20(7-10-22)21-8-11-23(30)17(3)14-21)39-15-24-26(35)18(4)27(41-24)33-13-12-25(34)31-29(33)37/h6-14,16,18-19,24,26-27,32,35,38,43H,15H2,1-5H3,(H,31,34,37)/t18-,19-,24+,26-,27+/m0/s1. The van der Waals surface area contributed by atoms with Crippen molar-refractivity contribution in [3.63, 3.8) is 0 Å². The molecule has 1 aliphatic heterocycles. The molecule has 0 saturated carbocycles. The molecule has 5 atom stereocenters. The zero-order valence-electron chi connectivity index (χ0n) is 24.4. The van der Waals surface area contributed by atoms with E-state index in [1.807, 2.05) is 0 Å². The van der Waals surface area contributed by atoms with Crippen LogP contribution in [0.4, 0.5) is 4.39 Å². The van der Waals surface area contributed by atoms with Gasteiger partial charge in [-0.25, -0.2) is 0 Å². The quantitative estimate of drug-likeness (QED) is 0.185. The molecule has 1 saturated heterocycles. The fraction of sp³-hybridized carbons (Fsp3) is 0.414. The monoisotopic (exact) mass is 621 g/mol. The Morgan fingerprint density at radius 2 is 1.81 bits per heavy atom. The van der Waals surface area contributed by atoms with Gasteiger partial charge in [0.2, 0.25) is 0 Å². The Hall–Kier alpha value is -3.45. The van der Waals surface area contributed by atoms with Crippen LogP contribution in [0, 0.1) is 18.7 Å². The number of esters is 1. The number of aromatic amines is 1. The van der Waals surface area contributed by atoms with Crippen LogP contribution in [-0.2, 0) is 18.8 Å². The van der Waals surface area contributed by atoms with Crippen LogP contribution in [0.3, 0.4) is 0 Å². The van der Waals surface area contributed by atoms with Gasteiger partial charge in [-0.15, -0.1) is 0 Å². The van der Waals surface area contributed by atoms with E-state index in [0.29, 0.717) is 5.56 Å². The number of ether oxygens (including phenoxy) is 2. The van der Waals surface area contributed by atoms with Crippen LogP contribution < -0.4 is 20.9 Å². The summed E-state index contributed by atoms with van der Waals surface area (Å²) in [7, 11) is -4.43. The molecule has 4 N–H and O–H groups in total. The summed E-state index contributed by atoms with van der Waals surface area (Å²) in [6, 6.07) is 11.5. The summed E-state index contributed by atoms with van der Waals surface area (Å²) in [6.07, 6.45) is -2.14. The average Bonchev–Trinajstić information content (AvgIpc) is 3.22. The summed E-state index contributed by atoms with van der Waals surface area (Å²) in [5.74, 6) is -1.31. The number of rotatable bonds is 11. The van der Waals surface area contributed by atoms with E-state index >= 15 is 0 Å². The number of aliphatic hydroxyl groups excluding tert-OH is 1. The molecule has 2 aromatic carbocycles. The molecule has 234 valence electrons. The normalized spacial score (nSPS) is 21.5. The van der Waals surface area contributed by atoms with Crippen molar-refractivity contribution >= 4 is 14.1 Å². The Kier molecular flexibility index (Phi) is 10.2. The van der Waals surface area contributed by atoms with Crippen LogP contribution in [-0.4, -0.2) is 56.5 Å². The van der Waals surface area contributed by atoms with Crippen molar-refractivity contribution < 1.29 is 37.7 Å². The van der Waals surface area contributed by atoms with Crippen LogP contribution in [0.15, 0.2) is 64.3 Å². The molecule has 0 aliphatic carbocycles. The first-order valence-electron chi connectivity index (χ1n) is 13.8. The number of benzene rings is 2. The summed E-state index contributed by atoms with van der Waals surface area (Å²) in [4.78, 5) is 50.0. The van der Waals surface area contributed by atoms with Crippen molar-refractivity contribution in [1.82, 2.24) is 14.6 Å². The van der Waals surface area contributed by atoms with Gasteiger partial charge in [-0.1, -0.05) is 0 Å². The van der Waals surface area contributed by atoms with Gasteiger partial charge in [0, 0.05) is 0 Å². The second-order valence-corrected chi connectivity index (χ2v) is 12.7. The second kappa shape index (κ2) is 13.5. The number of H-pyrrole nitrogens is 1. The number of hydrogen-bond acceptors (Lipinski definition) is 10. The Balaban J connectivity index is 1.52. The molecule has 4 rings (SSSR count). The van der Waals surface area contributed by atoms with Crippen LogP contribution in [0.5, 0.6) is 5.75 Å². The summed E-state index contributed by atoms with van der Waals surface area (Å²) >= 11 is 0. The minimum absolute atomic E-state index is 0.215. The van der Waals surface area contributed by atoms with Gasteiger partial charge in [0.05, 0.1) is 0 Å². The molecule has 0 spiro atoms. The number of halogens is 1. The van der Waals surface area contributed by atoms with E-state index in [1.54, 1.807) is 64.1 Å². The van der Waals surface area contributed by atoms with Gasteiger partial charge >= 0.3 is 248 Å². The maximum atomic E-state index is 13.7. The third kappa shape index (κ3) is 7.94. The van der Waals surface area contributed by atoms with E-state index in [-0.39, 0.29) is 18.2 Å². The van der Waals surface area contributed by atoms with Crippen LogP contribution in [0.2, 0.25) is 0 Å². The molecule has 3 aromatic rings. The summed E-state index contributed by atoms with van der Waals surface area (Å²) in [6.45, 7) is 7.83. The van der Waals surface area contributed by atoms with Gasteiger partial charge in [-0.05, 0) is 0 Å². The molecule has 1 aromatic heterocycles. The van der Waals surface area contributed by atoms with Crippen LogP contribution in [0.25, 0.3) is 11.1 Å². The number of hydrogen-bond donors (Lipinski definition) is 4. The second-order valence-electron chi connectivity index (χ2n) is 10.8. The Morgan fingerprint density at radius 1 is 1.14 bits per heavy atom. The molecule has 0 amide bonds. The molecule has 0 unspecified atom stereocenters. The van der Waals surface area contributed by atoms with E-state index in [9.17, 15) is 28.8 Å². The van der Waals surface area contributed by atoms with Gasteiger partial charge in [0.1, 0.15) is 0 Å². The Labute approximate surface area is 248 Å². The van der Waals surface area contributed by atoms with Crippen molar-refractivity contribution in [2.24, 2.45) is 5.92 Å². The molecule has 2 heterocycles. The average molecular weight is 622 g/mol. The molecule has 12 nitrogen and oxygen atoms in total. The Bertz CT molecular complexity index is 1550. The molecule has 1 aliphatic rings. The number of aliphatic hydroxyl groups is 1. The summed E-state index contributed by atoms with van der Waals surface area (Å²) < 4.78 is 37.7. The number of aromatic nitrogens is 2. The van der Waals surface area contributed by atoms with Gasteiger partial charge in [0.25, 0.3) is 0 Å². The summed E-state index contributed by atoms with van der Waals surface area (Å²) in [5, 5.41) is 13.6. The van der Waals surface area contributed by atoms with Gasteiger partial charge in [0.15, 0.2) is 0 Å². The van der Waals surface area contributed by atoms with Crippen molar-refractivity contribution in [3.8, 4) is 16.9 Å². The first kappa shape index (κ1) is 32.5. The number of nitrogens with one attached hydrogen (secondary N) is 2. The fourth-order valence-electron chi connectivity index (χ4n) is 4.64. The molecule has 0 bridgehead atoms. The van der Waals surface area contributed by atoms with Gasteiger partial charge in [-0.3, -0.25) is 0 Å². The molecule has 0 radical (unpaired) electrons. The van der Waals surface area contributed by atoms with Crippen molar-refractivity contribution in [3.05, 3.63) is 86.9 Å². The van der Waals surface area contributed by atoms with E-state index < -0.39 is 61.8 Å². The maximum absolute atomic E-state index is 13.7. The number of nitrogens with zero attached hydrogens (tertiary/aromatic N) is 1. The first-order valence-corrected chi connectivity index (χ1v) is 15.6. The third-order valence-corrected chi connectivity index (χ3v) is 8.83. The fourth-order valence-corrected chi connectivity index (χ4v) is 6.35. The van der Waals surface area contributed by atoms with Crippen molar-refractivity contribution in [2.45, 2.75) is 65.2 Å². The molecule has 14 heteroatoms. The van der Waals surface area contributed by atoms with E-state index in [1.165, 1.54) is 19.2 Å². The molecular weight excluding hydrogens is 584 g/mol. The number of aryl methyl sites for hydroxylation is 1. The SMILES string of the molecule is Cc1cc(-c2ccc(O[PH](O)(N[C@@H](C)C(=O)OC(C)C)OC[C@H]3O[C@@H](n4ccc(=O)[nH]c4=O)[C@@H](C)[C@@H]3O)cc2)ccc1F.